The van der Waals surface area contributed by atoms with Gasteiger partial charge in [-0.3, -0.25) is 4.68 Å². The van der Waals surface area contributed by atoms with E-state index in [0.29, 0.717) is 19.8 Å². The van der Waals surface area contributed by atoms with E-state index in [1.165, 1.54) is 11.9 Å². The Balaban J connectivity index is 1.93. The third-order valence-corrected chi connectivity index (χ3v) is 3.84. The van der Waals surface area contributed by atoms with Gasteiger partial charge in [-0.2, -0.15) is 5.10 Å². The highest BCUT2D eigenvalue weighted by Crippen LogP contribution is 2.28. The zero-order valence-corrected chi connectivity index (χ0v) is 16.7. The van der Waals surface area contributed by atoms with Crippen molar-refractivity contribution in [2.24, 2.45) is 12.0 Å². The first-order chi connectivity index (χ1) is 13.2. The van der Waals surface area contributed by atoms with E-state index in [-0.39, 0.29) is 0 Å². The minimum absolute atomic E-state index is 0.476. The van der Waals surface area contributed by atoms with Crippen molar-refractivity contribution in [2.75, 3.05) is 26.3 Å². The van der Waals surface area contributed by atoms with Gasteiger partial charge in [0, 0.05) is 20.1 Å². The van der Waals surface area contributed by atoms with Gasteiger partial charge in [0.15, 0.2) is 17.5 Å². The number of aryl methyl sites for hydroxylation is 1. The molecular weight excluding hydrogens is 344 g/mol. The van der Waals surface area contributed by atoms with Gasteiger partial charge >= 0.3 is 0 Å². The van der Waals surface area contributed by atoms with Gasteiger partial charge in [0.05, 0.1) is 13.2 Å². The summed E-state index contributed by atoms with van der Waals surface area (Å²) >= 11 is 0. The summed E-state index contributed by atoms with van der Waals surface area (Å²) in [6, 6.07) is 6.08. The number of benzene rings is 1. The van der Waals surface area contributed by atoms with Crippen LogP contribution < -0.4 is 20.1 Å². The molecule has 0 fully saturated rings. The van der Waals surface area contributed by atoms with Crippen molar-refractivity contribution in [2.45, 2.75) is 33.7 Å². The van der Waals surface area contributed by atoms with Crippen molar-refractivity contribution < 1.29 is 9.47 Å². The molecule has 0 saturated carbocycles. The predicted molar refractivity (Wildman–Crippen MR) is 106 cm³/mol. The van der Waals surface area contributed by atoms with E-state index < -0.39 is 0 Å². The van der Waals surface area contributed by atoms with Crippen LogP contribution in [-0.4, -0.2) is 47.0 Å². The van der Waals surface area contributed by atoms with Crippen molar-refractivity contribution in [1.29, 1.82) is 0 Å². The maximum Gasteiger partial charge on any atom is 0.191 e. The normalized spacial score (nSPS) is 11.3. The molecule has 1 aromatic heterocycles. The second-order valence-corrected chi connectivity index (χ2v) is 5.82. The lowest BCUT2D eigenvalue weighted by Gasteiger charge is -2.14. The molecule has 2 rings (SSSR count). The molecular formula is C19H30N6O2. The number of ether oxygens (including phenoxy) is 2. The summed E-state index contributed by atoms with van der Waals surface area (Å²) in [6.07, 6.45) is 2.38. The highest BCUT2D eigenvalue weighted by molar-refractivity contribution is 5.79. The molecule has 1 aromatic carbocycles. The Labute approximate surface area is 161 Å². The van der Waals surface area contributed by atoms with Crippen molar-refractivity contribution in [1.82, 2.24) is 25.4 Å². The largest absolute Gasteiger partial charge is 0.490 e. The molecule has 0 atom stereocenters. The van der Waals surface area contributed by atoms with Crippen LogP contribution in [0.5, 0.6) is 11.5 Å². The van der Waals surface area contributed by atoms with Crippen molar-refractivity contribution in [3.63, 3.8) is 0 Å². The van der Waals surface area contributed by atoms with E-state index >= 15 is 0 Å². The van der Waals surface area contributed by atoms with Crippen LogP contribution in [0, 0.1) is 0 Å². The number of rotatable bonds is 10. The molecule has 2 aromatic rings. The zero-order chi connectivity index (χ0) is 19.5. The van der Waals surface area contributed by atoms with E-state index in [0.717, 1.165) is 42.8 Å². The van der Waals surface area contributed by atoms with Crippen LogP contribution in [0.4, 0.5) is 0 Å². The third kappa shape index (κ3) is 6.47. The van der Waals surface area contributed by atoms with E-state index in [1.54, 1.807) is 4.68 Å². The molecule has 0 unspecified atom stereocenters. The van der Waals surface area contributed by atoms with Gasteiger partial charge in [0.25, 0.3) is 0 Å². The summed E-state index contributed by atoms with van der Waals surface area (Å²) in [7, 11) is 1.86. The van der Waals surface area contributed by atoms with Crippen LogP contribution in [0.1, 0.15) is 32.2 Å². The molecule has 2 N–H and O–H groups in total. The van der Waals surface area contributed by atoms with E-state index in [4.69, 9.17) is 9.47 Å². The van der Waals surface area contributed by atoms with Crippen LogP contribution in [0.2, 0.25) is 0 Å². The number of guanidine groups is 1. The Morgan fingerprint density at radius 3 is 2.56 bits per heavy atom. The molecule has 0 bridgehead atoms. The molecule has 148 valence electrons. The predicted octanol–water partition coefficient (Wildman–Crippen LogP) is 1.91. The number of aliphatic imine (C=N–C) groups is 1. The molecule has 0 saturated heterocycles. The average molecular weight is 374 g/mol. The first-order valence-corrected chi connectivity index (χ1v) is 9.41. The summed E-state index contributed by atoms with van der Waals surface area (Å²) in [5.41, 5.74) is 1.18. The number of hydrogen-bond donors (Lipinski definition) is 2. The second kappa shape index (κ2) is 11.1. The van der Waals surface area contributed by atoms with Crippen LogP contribution in [0.25, 0.3) is 0 Å². The summed E-state index contributed by atoms with van der Waals surface area (Å²) in [4.78, 5) is 8.75. The Kier molecular flexibility index (Phi) is 8.41. The fraction of sp³-hybridized carbons (Fsp3) is 0.526. The Bertz CT molecular complexity index is 729. The van der Waals surface area contributed by atoms with Crippen molar-refractivity contribution in [3.05, 3.63) is 35.9 Å². The lowest BCUT2D eigenvalue weighted by molar-refractivity contribution is 0.287. The SMILES string of the molecule is CCNC(=NCc1ncnn1C)NCCc1ccc(OCC)c(OCC)c1. The molecule has 1 heterocycles. The third-order valence-electron chi connectivity index (χ3n) is 3.84. The molecule has 0 radical (unpaired) electrons. The molecule has 0 spiro atoms. The molecule has 27 heavy (non-hydrogen) atoms. The Morgan fingerprint density at radius 2 is 1.89 bits per heavy atom. The monoisotopic (exact) mass is 374 g/mol. The molecule has 0 aliphatic rings. The van der Waals surface area contributed by atoms with E-state index in [1.807, 2.05) is 40.0 Å². The smallest absolute Gasteiger partial charge is 0.191 e. The lowest BCUT2D eigenvalue weighted by atomic mass is 10.1. The van der Waals surface area contributed by atoms with Crippen LogP contribution in [0.15, 0.2) is 29.5 Å². The summed E-state index contributed by atoms with van der Waals surface area (Å²) < 4.78 is 13.0. The van der Waals surface area contributed by atoms with Gasteiger partial charge in [-0.05, 0) is 44.9 Å². The van der Waals surface area contributed by atoms with Crippen LogP contribution in [-0.2, 0) is 20.0 Å². The van der Waals surface area contributed by atoms with Crippen molar-refractivity contribution >= 4 is 5.96 Å². The van der Waals surface area contributed by atoms with Gasteiger partial charge in [0.2, 0.25) is 0 Å². The summed E-state index contributed by atoms with van der Waals surface area (Å²) in [5.74, 6) is 3.16. The highest BCUT2D eigenvalue weighted by atomic mass is 16.5. The molecule has 0 amide bonds. The Hall–Kier alpha value is -2.77. The Morgan fingerprint density at radius 1 is 1.11 bits per heavy atom. The maximum atomic E-state index is 5.69. The van der Waals surface area contributed by atoms with Crippen molar-refractivity contribution in [3.8, 4) is 11.5 Å². The number of nitrogens with zero attached hydrogens (tertiary/aromatic N) is 4. The van der Waals surface area contributed by atoms with Gasteiger partial charge in [0.1, 0.15) is 18.7 Å². The topological polar surface area (TPSA) is 85.6 Å². The van der Waals surface area contributed by atoms with Crippen LogP contribution in [0.3, 0.4) is 0 Å². The number of nitrogens with one attached hydrogen (secondary N) is 2. The number of hydrogen-bond acceptors (Lipinski definition) is 5. The molecule has 8 nitrogen and oxygen atoms in total. The standard InChI is InChI=1S/C19H30N6O2/c1-5-20-19(22-13-18-23-14-24-25(18)4)21-11-10-15-8-9-16(26-6-2)17(12-15)27-7-3/h8-9,12,14H,5-7,10-11,13H2,1-4H3,(H2,20,21,22). The van der Waals surface area contributed by atoms with E-state index in [9.17, 15) is 0 Å². The zero-order valence-electron chi connectivity index (χ0n) is 16.7. The fourth-order valence-electron chi connectivity index (χ4n) is 2.53. The quantitative estimate of drug-likeness (QED) is 0.488. The second-order valence-electron chi connectivity index (χ2n) is 5.82. The highest BCUT2D eigenvalue weighted by Gasteiger charge is 2.07. The van der Waals surface area contributed by atoms with E-state index in [2.05, 4.69) is 31.8 Å². The molecule has 0 aliphatic carbocycles. The minimum atomic E-state index is 0.476. The molecule has 0 aliphatic heterocycles. The van der Waals surface area contributed by atoms with Crippen LogP contribution >= 0.6 is 0 Å². The van der Waals surface area contributed by atoms with Gasteiger partial charge in [-0.15, -0.1) is 0 Å². The average Bonchev–Trinajstić information content (AvgIpc) is 3.07. The number of aromatic nitrogens is 3. The summed E-state index contributed by atoms with van der Waals surface area (Å²) in [5, 5.41) is 10.7. The summed E-state index contributed by atoms with van der Waals surface area (Å²) in [6.45, 7) is 9.24. The lowest BCUT2D eigenvalue weighted by Crippen LogP contribution is -2.38. The first-order valence-electron chi connectivity index (χ1n) is 9.41. The minimum Gasteiger partial charge on any atom is -0.490 e. The first kappa shape index (κ1) is 20.5. The van der Waals surface area contributed by atoms with Gasteiger partial charge < -0.3 is 20.1 Å². The maximum absolute atomic E-state index is 5.69. The van der Waals surface area contributed by atoms with Gasteiger partial charge in [-0.1, -0.05) is 6.07 Å². The molecule has 8 heteroatoms. The fourth-order valence-corrected chi connectivity index (χ4v) is 2.53. The van der Waals surface area contributed by atoms with Gasteiger partial charge in [-0.25, -0.2) is 9.98 Å².